The molecule has 0 unspecified atom stereocenters. The molecule has 0 aliphatic carbocycles. The van der Waals surface area contributed by atoms with Crippen molar-refractivity contribution in [3.05, 3.63) is 40.4 Å². The van der Waals surface area contributed by atoms with Crippen LogP contribution in [0.2, 0.25) is 0 Å². The lowest BCUT2D eigenvalue weighted by Crippen LogP contribution is -2.06. The molecule has 0 saturated carbocycles. The molecule has 102 valence electrons. The van der Waals surface area contributed by atoms with Crippen LogP contribution in [0.3, 0.4) is 0 Å². The summed E-state index contributed by atoms with van der Waals surface area (Å²) in [7, 11) is -1.88. The summed E-state index contributed by atoms with van der Waals surface area (Å²) < 4.78 is 29.9. The molecule has 0 N–H and O–H groups in total. The Morgan fingerprint density at radius 1 is 1.32 bits per heavy atom. The standard InChI is InChI=1S/C13H15NO3S2/c1-9-4-5-12(17-3)11(6-9)8-19(15,16)13-14-10(2)7-18-13/h4-7H,8H2,1-3H3. The van der Waals surface area contributed by atoms with Gasteiger partial charge in [0.15, 0.2) is 0 Å². The Bertz CT molecular complexity index is 690. The van der Waals surface area contributed by atoms with Crippen LogP contribution in [0.15, 0.2) is 27.9 Å². The summed E-state index contributed by atoms with van der Waals surface area (Å²) in [5.41, 5.74) is 2.39. The zero-order valence-electron chi connectivity index (χ0n) is 11.0. The molecule has 2 aromatic rings. The maximum atomic E-state index is 12.3. The molecule has 0 saturated heterocycles. The molecule has 0 spiro atoms. The van der Waals surface area contributed by atoms with Crippen molar-refractivity contribution in [3.8, 4) is 5.75 Å². The normalized spacial score (nSPS) is 11.5. The Labute approximate surface area is 117 Å². The number of nitrogens with zero attached hydrogens (tertiary/aromatic N) is 1. The smallest absolute Gasteiger partial charge is 0.209 e. The number of aryl methyl sites for hydroxylation is 2. The van der Waals surface area contributed by atoms with Crippen LogP contribution >= 0.6 is 11.3 Å². The Morgan fingerprint density at radius 3 is 2.63 bits per heavy atom. The Kier molecular flexibility index (Phi) is 3.91. The van der Waals surface area contributed by atoms with E-state index >= 15 is 0 Å². The second kappa shape index (κ2) is 5.30. The van der Waals surface area contributed by atoms with Crippen molar-refractivity contribution in [2.24, 2.45) is 0 Å². The van der Waals surface area contributed by atoms with Gasteiger partial charge in [0.2, 0.25) is 14.2 Å². The molecule has 0 amide bonds. The van der Waals surface area contributed by atoms with Gasteiger partial charge in [-0.05, 0) is 19.9 Å². The van der Waals surface area contributed by atoms with Crippen molar-refractivity contribution in [2.45, 2.75) is 23.9 Å². The van der Waals surface area contributed by atoms with E-state index in [1.165, 1.54) is 7.11 Å². The first-order valence-electron chi connectivity index (χ1n) is 5.71. The third-order valence-corrected chi connectivity index (χ3v) is 5.76. The Morgan fingerprint density at radius 2 is 2.05 bits per heavy atom. The predicted octanol–water partition coefficient (Wildman–Crippen LogP) is 2.74. The van der Waals surface area contributed by atoms with Crippen LogP contribution in [0.25, 0.3) is 0 Å². The van der Waals surface area contributed by atoms with Crippen LogP contribution in [0, 0.1) is 13.8 Å². The lowest BCUT2D eigenvalue weighted by atomic mass is 10.1. The van der Waals surface area contributed by atoms with Crippen LogP contribution in [0.1, 0.15) is 16.8 Å². The molecule has 2 rings (SSSR count). The number of methoxy groups -OCH3 is 1. The van der Waals surface area contributed by atoms with E-state index < -0.39 is 9.84 Å². The van der Waals surface area contributed by atoms with E-state index in [9.17, 15) is 8.42 Å². The summed E-state index contributed by atoms with van der Waals surface area (Å²) in [5, 5.41) is 1.74. The van der Waals surface area contributed by atoms with Gasteiger partial charge in [-0.1, -0.05) is 17.7 Å². The zero-order valence-corrected chi connectivity index (χ0v) is 12.6. The summed E-state index contributed by atoms with van der Waals surface area (Å²) >= 11 is 1.15. The van der Waals surface area contributed by atoms with Crippen LogP contribution < -0.4 is 4.74 Å². The van der Waals surface area contributed by atoms with Crippen LogP contribution in [-0.2, 0) is 15.6 Å². The molecule has 6 heteroatoms. The minimum absolute atomic E-state index is 0.0925. The summed E-state index contributed by atoms with van der Waals surface area (Å²) in [6, 6.07) is 5.51. The molecule has 0 bridgehead atoms. The minimum Gasteiger partial charge on any atom is -0.496 e. The van der Waals surface area contributed by atoms with Gasteiger partial charge < -0.3 is 4.74 Å². The van der Waals surface area contributed by atoms with E-state index in [1.807, 2.05) is 19.1 Å². The fraction of sp³-hybridized carbons (Fsp3) is 0.308. The highest BCUT2D eigenvalue weighted by atomic mass is 32.2. The topological polar surface area (TPSA) is 56.3 Å². The SMILES string of the molecule is COc1ccc(C)cc1CS(=O)(=O)c1nc(C)cs1. The van der Waals surface area contributed by atoms with Crippen molar-refractivity contribution in [3.63, 3.8) is 0 Å². The maximum absolute atomic E-state index is 12.3. The highest BCUT2D eigenvalue weighted by molar-refractivity contribution is 7.92. The largest absolute Gasteiger partial charge is 0.496 e. The van der Waals surface area contributed by atoms with Gasteiger partial charge in [0.1, 0.15) is 5.75 Å². The van der Waals surface area contributed by atoms with Gasteiger partial charge in [-0.15, -0.1) is 11.3 Å². The van der Waals surface area contributed by atoms with Crippen molar-refractivity contribution in [2.75, 3.05) is 7.11 Å². The monoisotopic (exact) mass is 297 g/mol. The number of hydrogen-bond acceptors (Lipinski definition) is 5. The predicted molar refractivity (Wildman–Crippen MR) is 75.5 cm³/mol. The minimum atomic E-state index is -3.41. The zero-order chi connectivity index (χ0) is 14.0. The van der Waals surface area contributed by atoms with Gasteiger partial charge in [-0.3, -0.25) is 0 Å². The van der Waals surface area contributed by atoms with Gasteiger partial charge in [0.25, 0.3) is 0 Å². The van der Waals surface area contributed by atoms with Gasteiger partial charge in [0.05, 0.1) is 12.9 Å². The molecule has 1 aromatic carbocycles. The molecule has 4 nitrogen and oxygen atoms in total. The molecule has 0 aliphatic heterocycles. The first kappa shape index (κ1) is 14.0. The van der Waals surface area contributed by atoms with Crippen LogP contribution in [0.5, 0.6) is 5.75 Å². The molecular weight excluding hydrogens is 282 g/mol. The molecule has 0 aliphatic rings. The molecule has 0 radical (unpaired) electrons. The van der Waals surface area contributed by atoms with Crippen molar-refractivity contribution in [1.29, 1.82) is 0 Å². The van der Waals surface area contributed by atoms with E-state index in [4.69, 9.17) is 4.74 Å². The Hall–Kier alpha value is -1.40. The van der Waals surface area contributed by atoms with Crippen molar-refractivity contribution in [1.82, 2.24) is 4.98 Å². The molecule has 1 heterocycles. The van der Waals surface area contributed by atoms with Gasteiger partial charge in [0, 0.05) is 16.6 Å². The second-order valence-electron chi connectivity index (χ2n) is 4.33. The van der Waals surface area contributed by atoms with E-state index in [0.29, 0.717) is 11.3 Å². The number of aromatic nitrogens is 1. The fourth-order valence-electron chi connectivity index (χ4n) is 1.76. The average molecular weight is 297 g/mol. The molecule has 0 fully saturated rings. The quantitative estimate of drug-likeness (QED) is 0.870. The molecule has 19 heavy (non-hydrogen) atoms. The third kappa shape index (κ3) is 3.13. The van der Waals surface area contributed by atoms with E-state index in [-0.39, 0.29) is 10.1 Å². The maximum Gasteiger partial charge on any atom is 0.209 e. The number of ether oxygens (including phenoxy) is 1. The molecule has 1 aromatic heterocycles. The number of sulfone groups is 1. The summed E-state index contributed by atoms with van der Waals surface area (Å²) in [5.74, 6) is 0.493. The van der Waals surface area contributed by atoms with Gasteiger partial charge in [-0.25, -0.2) is 13.4 Å². The summed E-state index contributed by atoms with van der Waals surface area (Å²) in [4.78, 5) is 4.05. The summed E-state index contributed by atoms with van der Waals surface area (Å²) in [6.45, 7) is 3.70. The second-order valence-corrected chi connectivity index (χ2v) is 7.35. The van der Waals surface area contributed by atoms with E-state index in [1.54, 1.807) is 18.4 Å². The average Bonchev–Trinajstić information content (AvgIpc) is 2.76. The van der Waals surface area contributed by atoms with E-state index in [2.05, 4.69) is 4.98 Å². The lowest BCUT2D eigenvalue weighted by molar-refractivity contribution is 0.411. The van der Waals surface area contributed by atoms with Crippen molar-refractivity contribution < 1.29 is 13.2 Å². The number of benzene rings is 1. The Balaban J connectivity index is 2.38. The van der Waals surface area contributed by atoms with Gasteiger partial charge in [-0.2, -0.15) is 0 Å². The third-order valence-electron chi connectivity index (χ3n) is 2.65. The fourth-order valence-corrected chi connectivity index (χ4v) is 4.23. The van der Waals surface area contributed by atoms with Gasteiger partial charge >= 0.3 is 0 Å². The number of thiazole rings is 1. The van der Waals surface area contributed by atoms with Crippen LogP contribution in [-0.4, -0.2) is 20.5 Å². The number of rotatable bonds is 4. The first-order chi connectivity index (χ1) is 8.92. The van der Waals surface area contributed by atoms with E-state index in [0.717, 1.165) is 22.6 Å². The van der Waals surface area contributed by atoms with Crippen LogP contribution in [0.4, 0.5) is 0 Å². The molecular formula is C13H15NO3S2. The highest BCUT2D eigenvalue weighted by Gasteiger charge is 2.21. The summed E-state index contributed by atoms with van der Waals surface area (Å²) in [6.07, 6.45) is 0. The highest BCUT2D eigenvalue weighted by Crippen LogP contribution is 2.26. The molecule has 0 atom stereocenters. The first-order valence-corrected chi connectivity index (χ1v) is 8.24. The lowest BCUT2D eigenvalue weighted by Gasteiger charge is -2.09. The number of hydrogen-bond donors (Lipinski definition) is 0. The van der Waals surface area contributed by atoms with Crippen molar-refractivity contribution >= 4 is 21.2 Å².